The highest BCUT2D eigenvalue weighted by atomic mass is 32.1. The molecule has 1 unspecified atom stereocenters. The minimum Gasteiger partial charge on any atom is -0.387 e. The second-order valence-corrected chi connectivity index (χ2v) is 6.71. The molecule has 0 saturated heterocycles. The minimum atomic E-state index is -0.447. The van der Waals surface area contributed by atoms with Crippen molar-refractivity contribution in [2.45, 2.75) is 24.9 Å². The number of hydrogen-bond acceptors (Lipinski definition) is 4. The number of hydrogen-bond donors (Lipinski definition) is 1. The first-order chi connectivity index (χ1) is 10.3. The Bertz CT molecular complexity index is 717. The van der Waals surface area contributed by atoms with Crippen LogP contribution in [0.4, 0.5) is 0 Å². The predicted molar refractivity (Wildman–Crippen MR) is 84.3 cm³/mol. The highest BCUT2D eigenvalue weighted by molar-refractivity contribution is 7.18. The molecule has 1 atom stereocenters. The maximum Gasteiger partial charge on any atom is 0.0988 e. The number of aliphatic hydroxyl groups is 1. The van der Waals surface area contributed by atoms with Gasteiger partial charge in [-0.25, -0.2) is 4.98 Å². The van der Waals surface area contributed by atoms with E-state index in [2.05, 4.69) is 23.2 Å². The third-order valence-electron chi connectivity index (χ3n) is 4.27. The number of thiazole rings is 1. The van der Waals surface area contributed by atoms with Crippen LogP contribution in [0.5, 0.6) is 0 Å². The molecule has 3 nitrogen and oxygen atoms in total. The zero-order valence-electron chi connectivity index (χ0n) is 11.5. The third-order valence-corrected chi connectivity index (χ3v) is 5.47. The van der Waals surface area contributed by atoms with Crippen LogP contribution < -0.4 is 0 Å². The molecule has 0 radical (unpaired) electrons. The Kier molecular flexibility index (Phi) is 3.20. The van der Waals surface area contributed by atoms with E-state index in [1.807, 2.05) is 24.3 Å². The quantitative estimate of drug-likeness (QED) is 0.797. The molecule has 106 valence electrons. The molecule has 0 aliphatic heterocycles. The zero-order chi connectivity index (χ0) is 14.2. The van der Waals surface area contributed by atoms with Gasteiger partial charge in [-0.3, -0.25) is 4.98 Å². The molecule has 1 aliphatic rings. The van der Waals surface area contributed by atoms with Crippen molar-refractivity contribution in [2.75, 3.05) is 0 Å². The monoisotopic (exact) mass is 296 g/mol. The molecule has 1 saturated carbocycles. The topological polar surface area (TPSA) is 46.0 Å². The van der Waals surface area contributed by atoms with Gasteiger partial charge in [0.25, 0.3) is 0 Å². The molecule has 2 aromatic heterocycles. The lowest BCUT2D eigenvalue weighted by Gasteiger charge is -2.36. The number of para-hydroxylation sites is 1. The van der Waals surface area contributed by atoms with Crippen molar-refractivity contribution in [2.24, 2.45) is 5.92 Å². The highest BCUT2D eigenvalue weighted by Gasteiger charge is 2.37. The van der Waals surface area contributed by atoms with Gasteiger partial charge in [0.2, 0.25) is 0 Å². The Morgan fingerprint density at radius 3 is 2.67 bits per heavy atom. The van der Waals surface area contributed by atoms with Gasteiger partial charge in [-0.2, -0.15) is 0 Å². The van der Waals surface area contributed by atoms with Crippen LogP contribution >= 0.6 is 11.3 Å². The van der Waals surface area contributed by atoms with Gasteiger partial charge in [0.05, 0.1) is 27.0 Å². The first-order valence-corrected chi connectivity index (χ1v) is 8.07. The maximum atomic E-state index is 10.4. The molecule has 2 heterocycles. The predicted octanol–water partition coefficient (Wildman–Crippen LogP) is 3.92. The molecule has 0 amide bonds. The summed E-state index contributed by atoms with van der Waals surface area (Å²) in [5.74, 6) is 0.794. The van der Waals surface area contributed by atoms with Gasteiger partial charge >= 0.3 is 0 Å². The Morgan fingerprint density at radius 1 is 1.10 bits per heavy atom. The highest BCUT2D eigenvalue weighted by Crippen LogP contribution is 2.48. The number of rotatable bonds is 3. The average Bonchev–Trinajstić information content (AvgIpc) is 2.90. The lowest BCUT2D eigenvalue weighted by Crippen LogP contribution is -2.28. The zero-order valence-corrected chi connectivity index (χ0v) is 12.3. The smallest absolute Gasteiger partial charge is 0.0988 e. The summed E-state index contributed by atoms with van der Waals surface area (Å²) in [4.78, 5) is 8.97. The van der Waals surface area contributed by atoms with Gasteiger partial charge < -0.3 is 5.11 Å². The maximum absolute atomic E-state index is 10.4. The summed E-state index contributed by atoms with van der Waals surface area (Å²) in [6.45, 7) is 0. The summed E-state index contributed by atoms with van der Waals surface area (Å²) in [6.07, 6.45) is 3.29. The van der Waals surface area contributed by atoms with Crippen molar-refractivity contribution < 1.29 is 5.11 Å². The van der Waals surface area contributed by atoms with Gasteiger partial charge in [-0.1, -0.05) is 18.2 Å². The van der Waals surface area contributed by atoms with Crippen molar-refractivity contribution in [3.63, 3.8) is 0 Å². The van der Waals surface area contributed by atoms with Gasteiger partial charge in [0.15, 0.2) is 0 Å². The van der Waals surface area contributed by atoms with Crippen molar-refractivity contribution in [3.8, 4) is 0 Å². The fourth-order valence-corrected chi connectivity index (χ4v) is 4.07. The summed E-state index contributed by atoms with van der Waals surface area (Å²) >= 11 is 1.78. The van der Waals surface area contributed by atoms with Crippen molar-refractivity contribution in [1.29, 1.82) is 0 Å². The van der Waals surface area contributed by atoms with E-state index < -0.39 is 6.10 Å². The molecule has 3 aromatic rings. The average molecular weight is 296 g/mol. The van der Waals surface area contributed by atoms with Gasteiger partial charge in [0, 0.05) is 12.1 Å². The second kappa shape index (κ2) is 5.20. The molecular formula is C17H16N2OS. The Balaban J connectivity index is 1.47. The third kappa shape index (κ3) is 2.34. The van der Waals surface area contributed by atoms with Crippen LogP contribution in [0.15, 0.2) is 48.7 Å². The first kappa shape index (κ1) is 12.9. The Morgan fingerprint density at radius 2 is 1.90 bits per heavy atom. The first-order valence-electron chi connectivity index (χ1n) is 7.26. The van der Waals surface area contributed by atoms with E-state index >= 15 is 0 Å². The van der Waals surface area contributed by atoms with Crippen LogP contribution in [0.2, 0.25) is 0 Å². The normalized spacial score (nSPS) is 22.9. The van der Waals surface area contributed by atoms with Crippen molar-refractivity contribution in [3.05, 3.63) is 59.4 Å². The van der Waals surface area contributed by atoms with Gasteiger partial charge in [-0.15, -0.1) is 11.3 Å². The van der Waals surface area contributed by atoms with E-state index in [-0.39, 0.29) is 0 Å². The molecule has 21 heavy (non-hydrogen) atoms. The van der Waals surface area contributed by atoms with Crippen LogP contribution in [0.1, 0.15) is 35.6 Å². The van der Waals surface area contributed by atoms with E-state index in [1.165, 1.54) is 9.71 Å². The number of pyridine rings is 1. The molecule has 1 aliphatic carbocycles. The van der Waals surface area contributed by atoms with Crippen molar-refractivity contribution in [1.82, 2.24) is 9.97 Å². The molecule has 4 rings (SSSR count). The molecule has 0 spiro atoms. The number of fused-ring (bicyclic) bond motifs is 1. The molecule has 4 heteroatoms. The summed E-state index contributed by atoms with van der Waals surface area (Å²) in [6, 6.07) is 14.0. The summed E-state index contributed by atoms with van der Waals surface area (Å²) in [5.41, 5.74) is 1.87. The number of aromatic nitrogens is 2. The van der Waals surface area contributed by atoms with Gasteiger partial charge in [-0.05, 0) is 43.0 Å². The molecule has 1 aromatic carbocycles. The van der Waals surface area contributed by atoms with E-state index in [4.69, 9.17) is 4.98 Å². The second-order valence-electron chi connectivity index (χ2n) is 5.65. The molecule has 1 N–H and O–H groups in total. The number of aliphatic hydroxyl groups excluding tert-OH is 1. The number of benzene rings is 1. The Labute approximate surface area is 127 Å². The molecule has 0 bridgehead atoms. The summed E-state index contributed by atoms with van der Waals surface area (Å²) in [7, 11) is 0. The molecular weight excluding hydrogens is 280 g/mol. The lowest BCUT2D eigenvalue weighted by molar-refractivity contribution is 0.0457. The standard InChI is InChI=1S/C17H16N2OS/c20-16(14-6-3-4-8-18-14)11-9-12(10-11)17-19-13-5-1-2-7-15(13)21-17/h1-8,11-12,16,20H,9-10H2. The van der Waals surface area contributed by atoms with Crippen molar-refractivity contribution >= 4 is 21.6 Å². The van der Waals surface area contributed by atoms with Gasteiger partial charge in [0.1, 0.15) is 0 Å². The lowest BCUT2D eigenvalue weighted by atomic mass is 9.71. The molecule has 1 fully saturated rings. The van der Waals surface area contributed by atoms with E-state index in [1.54, 1.807) is 17.5 Å². The largest absolute Gasteiger partial charge is 0.387 e. The van der Waals surface area contributed by atoms with E-state index in [0.29, 0.717) is 11.8 Å². The summed E-state index contributed by atoms with van der Waals surface area (Å²) < 4.78 is 1.25. The summed E-state index contributed by atoms with van der Waals surface area (Å²) in [5, 5.41) is 11.6. The van der Waals surface area contributed by atoms with Crippen LogP contribution in [0.3, 0.4) is 0 Å². The minimum absolute atomic E-state index is 0.303. The van der Waals surface area contributed by atoms with Crippen LogP contribution in [-0.4, -0.2) is 15.1 Å². The van der Waals surface area contributed by atoms with E-state index in [0.717, 1.165) is 24.1 Å². The SMILES string of the molecule is OC(c1ccccn1)C1CC(c2nc3ccccc3s2)C1. The number of nitrogens with zero attached hydrogens (tertiary/aromatic N) is 2. The van der Waals surface area contributed by atoms with Crippen LogP contribution in [-0.2, 0) is 0 Å². The fourth-order valence-electron chi connectivity index (χ4n) is 2.98. The Hall–Kier alpha value is -1.78. The van der Waals surface area contributed by atoms with Crippen LogP contribution in [0.25, 0.3) is 10.2 Å². The fraction of sp³-hybridized carbons (Fsp3) is 0.294. The van der Waals surface area contributed by atoms with E-state index in [9.17, 15) is 5.11 Å². The van der Waals surface area contributed by atoms with Crippen LogP contribution in [0, 0.1) is 5.92 Å².